The number of carbonyl (C=O) groups is 1. The standard InChI is InChI=1S/C18H23N5O2/c1-14(24)22-7-9-23(10-8-22)18-11-17(20-13-21-18)19-12-15-5-3-4-6-16(15)25-2/h3-6,11,13H,7-10,12H2,1-2H3,(H,19,20,21). The molecule has 7 heteroatoms. The summed E-state index contributed by atoms with van der Waals surface area (Å²) >= 11 is 0. The topological polar surface area (TPSA) is 70.6 Å². The zero-order valence-electron chi connectivity index (χ0n) is 14.6. The van der Waals surface area contributed by atoms with Crippen LogP contribution >= 0.6 is 0 Å². The molecule has 1 saturated heterocycles. The fourth-order valence-electron chi connectivity index (χ4n) is 2.90. The highest BCUT2D eigenvalue weighted by Gasteiger charge is 2.19. The summed E-state index contributed by atoms with van der Waals surface area (Å²) in [6.07, 6.45) is 1.57. The Labute approximate surface area is 147 Å². The average molecular weight is 341 g/mol. The van der Waals surface area contributed by atoms with Gasteiger partial charge in [-0.15, -0.1) is 0 Å². The van der Waals surface area contributed by atoms with E-state index < -0.39 is 0 Å². The molecular weight excluding hydrogens is 318 g/mol. The zero-order chi connectivity index (χ0) is 17.6. The summed E-state index contributed by atoms with van der Waals surface area (Å²) in [7, 11) is 1.67. The molecule has 1 aliphatic heterocycles. The molecule has 1 aromatic heterocycles. The Balaban J connectivity index is 1.63. The van der Waals surface area contributed by atoms with Crippen LogP contribution in [0.15, 0.2) is 36.7 Å². The Kier molecular flexibility index (Phi) is 5.33. The van der Waals surface area contributed by atoms with E-state index in [-0.39, 0.29) is 5.91 Å². The molecule has 1 fully saturated rings. The van der Waals surface area contributed by atoms with Gasteiger partial charge < -0.3 is 19.9 Å². The van der Waals surface area contributed by atoms with Gasteiger partial charge in [-0.25, -0.2) is 9.97 Å². The molecule has 3 rings (SSSR count). The van der Waals surface area contributed by atoms with Crippen molar-refractivity contribution in [3.8, 4) is 5.75 Å². The van der Waals surface area contributed by atoms with Crippen LogP contribution in [-0.2, 0) is 11.3 Å². The van der Waals surface area contributed by atoms with Gasteiger partial charge in [0.1, 0.15) is 23.7 Å². The molecule has 7 nitrogen and oxygen atoms in total. The van der Waals surface area contributed by atoms with Gasteiger partial charge in [0.15, 0.2) is 0 Å². The van der Waals surface area contributed by atoms with E-state index in [1.807, 2.05) is 35.2 Å². The molecule has 0 radical (unpaired) electrons. The maximum atomic E-state index is 11.4. The van der Waals surface area contributed by atoms with E-state index in [1.54, 1.807) is 20.4 Å². The molecular formula is C18H23N5O2. The summed E-state index contributed by atoms with van der Waals surface area (Å²) < 4.78 is 5.37. The number of ether oxygens (including phenoxy) is 1. The van der Waals surface area contributed by atoms with Crippen LogP contribution in [0.1, 0.15) is 12.5 Å². The number of hydrogen-bond acceptors (Lipinski definition) is 6. The van der Waals surface area contributed by atoms with Crippen LogP contribution in [0.4, 0.5) is 11.6 Å². The molecule has 25 heavy (non-hydrogen) atoms. The van der Waals surface area contributed by atoms with Crippen molar-refractivity contribution < 1.29 is 9.53 Å². The van der Waals surface area contributed by atoms with Crippen LogP contribution in [0.2, 0.25) is 0 Å². The van der Waals surface area contributed by atoms with Crippen LogP contribution in [0.3, 0.4) is 0 Å². The molecule has 0 bridgehead atoms. The number of hydrogen-bond donors (Lipinski definition) is 1. The minimum Gasteiger partial charge on any atom is -0.496 e. The number of piperazine rings is 1. The fourth-order valence-corrected chi connectivity index (χ4v) is 2.90. The summed E-state index contributed by atoms with van der Waals surface area (Å²) in [4.78, 5) is 24.1. The highest BCUT2D eigenvalue weighted by Crippen LogP contribution is 2.20. The highest BCUT2D eigenvalue weighted by atomic mass is 16.5. The van der Waals surface area contributed by atoms with E-state index in [4.69, 9.17) is 4.74 Å². The normalized spacial score (nSPS) is 14.3. The Bertz CT molecular complexity index is 729. The second kappa shape index (κ2) is 7.83. The molecule has 0 atom stereocenters. The number of aromatic nitrogens is 2. The van der Waals surface area contributed by atoms with Gasteiger partial charge in [-0.1, -0.05) is 18.2 Å². The first-order chi connectivity index (χ1) is 12.2. The third-order valence-electron chi connectivity index (χ3n) is 4.35. The molecule has 0 aliphatic carbocycles. The zero-order valence-corrected chi connectivity index (χ0v) is 14.6. The molecule has 1 aliphatic rings. The number of amides is 1. The van der Waals surface area contributed by atoms with Gasteiger partial charge in [-0.05, 0) is 6.07 Å². The number of anilines is 2. The van der Waals surface area contributed by atoms with Gasteiger partial charge >= 0.3 is 0 Å². The van der Waals surface area contributed by atoms with Gasteiger partial charge in [-0.3, -0.25) is 4.79 Å². The minimum absolute atomic E-state index is 0.126. The number of nitrogens with one attached hydrogen (secondary N) is 1. The quantitative estimate of drug-likeness (QED) is 0.894. The summed E-state index contributed by atoms with van der Waals surface area (Å²) in [5.41, 5.74) is 1.07. The van der Waals surface area contributed by atoms with Gasteiger partial charge in [-0.2, -0.15) is 0 Å². The van der Waals surface area contributed by atoms with Crippen molar-refractivity contribution in [1.29, 1.82) is 0 Å². The minimum atomic E-state index is 0.126. The van der Waals surface area contributed by atoms with Crippen molar-refractivity contribution in [3.05, 3.63) is 42.2 Å². The largest absolute Gasteiger partial charge is 0.496 e. The summed E-state index contributed by atoms with van der Waals surface area (Å²) in [6, 6.07) is 9.84. The molecule has 132 valence electrons. The lowest BCUT2D eigenvalue weighted by atomic mass is 10.2. The van der Waals surface area contributed by atoms with Gasteiger partial charge in [0.25, 0.3) is 0 Å². The number of methoxy groups -OCH3 is 1. The lowest BCUT2D eigenvalue weighted by Gasteiger charge is -2.34. The first-order valence-electron chi connectivity index (χ1n) is 8.35. The molecule has 2 aromatic rings. The Morgan fingerprint density at radius 1 is 1.20 bits per heavy atom. The SMILES string of the molecule is COc1ccccc1CNc1cc(N2CCN(C(C)=O)CC2)ncn1. The van der Waals surface area contributed by atoms with Crippen LogP contribution in [0.5, 0.6) is 5.75 Å². The predicted octanol–water partition coefficient (Wildman–Crippen LogP) is 1.77. The van der Waals surface area contributed by atoms with E-state index in [0.717, 1.165) is 49.1 Å². The third-order valence-corrected chi connectivity index (χ3v) is 4.35. The van der Waals surface area contributed by atoms with Crippen LogP contribution in [-0.4, -0.2) is 54.1 Å². The van der Waals surface area contributed by atoms with E-state index in [0.29, 0.717) is 6.54 Å². The first kappa shape index (κ1) is 17.0. The number of benzene rings is 1. The van der Waals surface area contributed by atoms with E-state index in [2.05, 4.69) is 20.2 Å². The van der Waals surface area contributed by atoms with Crippen molar-refractivity contribution in [2.45, 2.75) is 13.5 Å². The van der Waals surface area contributed by atoms with Crippen molar-refractivity contribution in [3.63, 3.8) is 0 Å². The van der Waals surface area contributed by atoms with Crippen molar-refractivity contribution >= 4 is 17.5 Å². The molecule has 0 unspecified atom stereocenters. The third kappa shape index (κ3) is 4.17. The molecule has 0 spiro atoms. The Hall–Kier alpha value is -2.83. The van der Waals surface area contributed by atoms with Gasteiger partial charge in [0.05, 0.1) is 7.11 Å². The van der Waals surface area contributed by atoms with Gasteiger partial charge in [0.2, 0.25) is 5.91 Å². The van der Waals surface area contributed by atoms with E-state index in [9.17, 15) is 4.79 Å². The molecule has 1 amide bonds. The Morgan fingerprint density at radius 3 is 2.68 bits per heavy atom. The van der Waals surface area contributed by atoms with E-state index in [1.165, 1.54) is 0 Å². The molecule has 1 aromatic carbocycles. The van der Waals surface area contributed by atoms with Crippen LogP contribution < -0.4 is 15.0 Å². The highest BCUT2D eigenvalue weighted by molar-refractivity contribution is 5.73. The number of para-hydroxylation sites is 1. The number of carbonyl (C=O) groups excluding carboxylic acids is 1. The maximum Gasteiger partial charge on any atom is 0.219 e. The summed E-state index contributed by atoms with van der Waals surface area (Å²) in [5, 5.41) is 3.32. The first-order valence-corrected chi connectivity index (χ1v) is 8.35. The van der Waals surface area contributed by atoms with Crippen molar-refractivity contribution in [2.24, 2.45) is 0 Å². The molecule has 1 N–H and O–H groups in total. The van der Waals surface area contributed by atoms with Crippen molar-refractivity contribution in [2.75, 3.05) is 43.5 Å². The van der Waals surface area contributed by atoms with Crippen molar-refractivity contribution in [1.82, 2.24) is 14.9 Å². The maximum absolute atomic E-state index is 11.4. The van der Waals surface area contributed by atoms with Gasteiger partial charge in [0, 0.05) is 51.3 Å². The second-order valence-corrected chi connectivity index (χ2v) is 5.92. The van der Waals surface area contributed by atoms with Crippen LogP contribution in [0, 0.1) is 0 Å². The van der Waals surface area contributed by atoms with Crippen LogP contribution in [0.25, 0.3) is 0 Å². The summed E-state index contributed by atoms with van der Waals surface area (Å²) in [5.74, 6) is 2.62. The smallest absolute Gasteiger partial charge is 0.219 e. The summed E-state index contributed by atoms with van der Waals surface area (Å²) in [6.45, 7) is 5.25. The monoisotopic (exact) mass is 341 g/mol. The second-order valence-electron chi connectivity index (χ2n) is 5.92. The lowest BCUT2D eigenvalue weighted by Crippen LogP contribution is -2.48. The van der Waals surface area contributed by atoms with E-state index >= 15 is 0 Å². The fraction of sp³-hybridized carbons (Fsp3) is 0.389. The predicted molar refractivity (Wildman–Crippen MR) is 96.8 cm³/mol. The Morgan fingerprint density at radius 2 is 1.96 bits per heavy atom. The molecule has 2 heterocycles. The average Bonchev–Trinajstić information content (AvgIpc) is 2.67. The number of nitrogens with zero attached hydrogens (tertiary/aromatic N) is 4. The number of rotatable bonds is 5. The molecule has 0 saturated carbocycles. The lowest BCUT2D eigenvalue weighted by molar-refractivity contribution is -0.129.